The van der Waals surface area contributed by atoms with Gasteiger partial charge < -0.3 is 30.9 Å². The van der Waals surface area contributed by atoms with Gasteiger partial charge in [0.15, 0.2) is 23.1 Å². The normalized spacial score (nSPS) is 33.4. The van der Waals surface area contributed by atoms with Crippen molar-refractivity contribution in [3.05, 3.63) is 75.4 Å². The molecule has 0 saturated carbocycles. The van der Waals surface area contributed by atoms with E-state index < -0.39 is 83.2 Å². The minimum Gasteiger partial charge on any atom is -0.496 e. The number of aryl methyl sites for hydroxylation is 1. The van der Waals surface area contributed by atoms with Gasteiger partial charge in [0.2, 0.25) is 0 Å². The van der Waals surface area contributed by atoms with Crippen LogP contribution >= 0.6 is 0 Å². The fraction of sp³-hybridized carbons (Fsp3) is 0.514. The standard InChI is InChI=1S/C37H49NO9/c1-16-11-10-12-17(2)32(42)29(38)26-20(5)35(45)27-24(36(26)46)15-19(4)37(47-9)28(27)25(39)14-13-18(3)31(41)22(7)34(44)23(8)33(43)21(6)30(16)40/h10-16,18,21-23,29-31,33-34,40-41,43-44H,38H2,1-9H3/t16?,18-,21-,22-,23-,29-,30+,31-,33+,34+/m0/s1. The lowest BCUT2D eigenvalue weighted by Gasteiger charge is -2.36. The Bertz CT molecular complexity index is 1550. The molecule has 4 bridgehead atoms. The molecule has 6 N–H and O–H groups in total. The minimum absolute atomic E-state index is 0.0565. The number of hydrogen-bond donors (Lipinski definition) is 5. The first-order chi connectivity index (χ1) is 21.9. The van der Waals surface area contributed by atoms with E-state index in [0.717, 1.165) is 0 Å². The Labute approximate surface area is 276 Å². The van der Waals surface area contributed by atoms with Gasteiger partial charge >= 0.3 is 0 Å². The number of aliphatic hydroxyl groups excluding tert-OH is 4. The molecule has 10 atom stereocenters. The Kier molecular flexibility index (Phi) is 12.2. The van der Waals surface area contributed by atoms with Gasteiger partial charge in [-0.1, -0.05) is 58.9 Å². The van der Waals surface area contributed by atoms with Crippen LogP contribution in [0.5, 0.6) is 5.75 Å². The number of rotatable bonds is 1. The summed E-state index contributed by atoms with van der Waals surface area (Å²) < 4.78 is 5.52. The van der Waals surface area contributed by atoms with Gasteiger partial charge in [0.25, 0.3) is 0 Å². The fourth-order valence-corrected chi connectivity index (χ4v) is 6.62. The lowest BCUT2D eigenvalue weighted by molar-refractivity contribution is -0.116. The highest BCUT2D eigenvalue weighted by molar-refractivity contribution is 6.32. The molecule has 0 amide bonds. The van der Waals surface area contributed by atoms with Gasteiger partial charge in [0.1, 0.15) is 5.75 Å². The summed E-state index contributed by atoms with van der Waals surface area (Å²) >= 11 is 0. The molecule has 1 aromatic carbocycles. The molecule has 0 aromatic heterocycles. The van der Waals surface area contributed by atoms with E-state index in [1.807, 2.05) is 0 Å². The summed E-state index contributed by atoms with van der Waals surface area (Å²) in [5.41, 5.74) is 6.41. The third-order valence-corrected chi connectivity index (χ3v) is 9.98. The number of ether oxygens (including phenoxy) is 1. The largest absolute Gasteiger partial charge is 0.496 e. The molecule has 0 aliphatic heterocycles. The number of ketones is 4. The van der Waals surface area contributed by atoms with Crippen molar-refractivity contribution < 1.29 is 44.3 Å². The van der Waals surface area contributed by atoms with Crippen molar-refractivity contribution in [1.82, 2.24) is 0 Å². The van der Waals surface area contributed by atoms with E-state index in [1.165, 1.54) is 45.3 Å². The smallest absolute Gasteiger partial charge is 0.192 e. The van der Waals surface area contributed by atoms with Crippen LogP contribution in [0.25, 0.3) is 0 Å². The first-order valence-electron chi connectivity index (χ1n) is 16.0. The van der Waals surface area contributed by atoms with Gasteiger partial charge in [-0.2, -0.15) is 0 Å². The summed E-state index contributed by atoms with van der Waals surface area (Å²) in [6.07, 6.45) is 2.95. The number of carbonyl (C=O) groups is 4. The molecule has 10 nitrogen and oxygen atoms in total. The molecule has 0 saturated heterocycles. The monoisotopic (exact) mass is 651 g/mol. The summed E-state index contributed by atoms with van der Waals surface area (Å²) in [6, 6.07) is -0.00723. The summed E-state index contributed by atoms with van der Waals surface area (Å²) in [4.78, 5) is 55.0. The number of Topliss-reactive ketones (excluding diaryl/α,β-unsaturated/α-hetero) is 3. The molecule has 10 heteroatoms. The molecule has 47 heavy (non-hydrogen) atoms. The van der Waals surface area contributed by atoms with Gasteiger partial charge in [0.05, 0.1) is 43.1 Å². The second-order valence-electron chi connectivity index (χ2n) is 13.3. The van der Waals surface area contributed by atoms with E-state index in [9.17, 15) is 39.6 Å². The topological polar surface area (TPSA) is 184 Å². The molecule has 4 rings (SSSR count). The maximum Gasteiger partial charge on any atom is 0.192 e. The van der Waals surface area contributed by atoms with Crippen LogP contribution < -0.4 is 10.5 Å². The predicted molar refractivity (Wildman–Crippen MR) is 178 cm³/mol. The maximum absolute atomic E-state index is 13.9. The Balaban J connectivity index is 2.23. The molecule has 256 valence electrons. The number of aliphatic hydroxyl groups is 4. The van der Waals surface area contributed by atoms with Crippen LogP contribution in [-0.2, 0) is 4.79 Å². The van der Waals surface area contributed by atoms with Gasteiger partial charge in [-0.3, -0.25) is 19.2 Å². The van der Waals surface area contributed by atoms with E-state index in [1.54, 1.807) is 53.7 Å². The number of hydrogen-bond acceptors (Lipinski definition) is 10. The van der Waals surface area contributed by atoms with Crippen LogP contribution in [0.4, 0.5) is 0 Å². The Hall–Kier alpha value is -3.54. The zero-order valence-electron chi connectivity index (χ0n) is 28.6. The molecule has 0 fully saturated rings. The van der Waals surface area contributed by atoms with Gasteiger partial charge in [-0.15, -0.1) is 0 Å². The molecule has 3 aliphatic rings. The summed E-state index contributed by atoms with van der Waals surface area (Å²) in [5, 5.41) is 44.4. The number of carbonyl (C=O) groups excluding carboxylic acids is 4. The molecular formula is C37H49NO9. The fourth-order valence-electron chi connectivity index (χ4n) is 6.62. The number of allylic oxidation sites excluding steroid dienone is 4. The molecular weight excluding hydrogens is 602 g/mol. The summed E-state index contributed by atoms with van der Waals surface area (Å²) in [5.74, 6) is -5.64. The zero-order chi connectivity index (χ0) is 35.7. The molecule has 0 heterocycles. The Morgan fingerprint density at radius 2 is 1.23 bits per heavy atom. The van der Waals surface area contributed by atoms with Crippen molar-refractivity contribution >= 4 is 23.1 Å². The number of fused-ring (bicyclic) bond motifs is 15. The molecule has 0 spiro atoms. The second kappa shape index (κ2) is 15.1. The van der Waals surface area contributed by atoms with Crippen LogP contribution in [0.2, 0.25) is 0 Å². The van der Waals surface area contributed by atoms with Gasteiger partial charge in [-0.05, 0) is 44.1 Å². The van der Waals surface area contributed by atoms with E-state index in [2.05, 4.69) is 0 Å². The van der Waals surface area contributed by atoms with Crippen LogP contribution in [0, 0.1) is 36.5 Å². The highest BCUT2D eigenvalue weighted by Gasteiger charge is 2.40. The van der Waals surface area contributed by atoms with E-state index >= 15 is 0 Å². The minimum atomic E-state index is -1.46. The van der Waals surface area contributed by atoms with Crippen molar-refractivity contribution in [2.24, 2.45) is 35.3 Å². The first-order valence-corrected chi connectivity index (χ1v) is 16.0. The van der Waals surface area contributed by atoms with Crippen molar-refractivity contribution in [2.75, 3.05) is 7.11 Å². The number of methoxy groups -OCH3 is 1. The third-order valence-electron chi connectivity index (χ3n) is 9.98. The Morgan fingerprint density at radius 3 is 1.77 bits per heavy atom. The van der Waals surface area contributed by atoms with Crippen molar-refractivity contribution in [1.29, 1.82) is 0 Å². The highest BCUT2D eigenvalue weighted by Crippen LogP contribution is 2.38. The van der Waals surface area contributed by atoms with E-state index in [0.29, 0.717) is 5.56 Å². The zero-order valence-corrected chi connectivity index (χ0v) is 28.6. The lowest BCUT2D eigenvalue weighted by Crippen LogP contribution is -2.45. The lowest BCUT2D eigenvalue weighted by atomic mass is 9.76. The third kappa shape index (κ3) is 7.32. The predicted octanol–water partition coefficient (Wildman–Crippen LogP) is 3.47. The van der Waals surface area contributed by atoms with Gasteiger partial charge in [-0.25, -0.2) is 0 Å². The van der Waals surface area contributed by atoms with Crippen LogP contribution in [-0.4, -0.2) is 81.1 Å². The van der Waals surface area contributed by atoms with Gasteiger partial charge in [0, 0.05) is 51.9 Å². The van der Waals surface area contributed by atoms with Crippen molar-refractivity contribution in [3.8, 4) is 5.75 Å². The highest BCUT2D eigenvalue weighted by atomic mass is 16.5. The van der Waals surface area contributed by atoms with Crippen LogP contribution in [0.1, 0.15) is 85.1 Å². The summed E-state index contributed by atoms with van der Waals surface area (Å²) in [6.45, 7) is 12.9. The summed E-state index contributed by atoms with van der Waals surface area (Å²) in [7, 11) is 1.35. The first kappa shape index (κ1) is 37.9. The van der Waals surface area contributed by atoms with Crippen LogP contribution in [0.3, 0.4) is 0 Å². The average molecular weight is 652 g/mol. The van der Waals surface area contributed by atoms with E-state index in [-0.39, 0.29) is 39.2 Å². The van der Waals surface area contributed by atoms with Crippen LogP contribution in [0.15, 0.2) is 53.2 Å². The van der Waals surface area contributed by atoms with Crippen molar-refractivity contribution in [2.45, 2.75) is 85.8 Å². The maximum atomic E-state index is 13.9. The Morgan fingerprint density at radius 1 is 0.723 bits per heavy atom. The molecule has 1 unspecified atom stereocenters. The number of benzene rings is 1. The SMILES string of the molecule is COc1c(C)cc2c3c1C(=O)C=C[C@H](C)[C@H](O)[C@H](C)[C@@H](O)[C@@H](C)[C@H](O)[C@@H](C)[C@H](O)C(C)C=CC=C(C)C(=O)[C@@H](N)C(=C(C)C3=O)C2=O. The molecule has 1 aromatic rings. The quantitative estimate of drug-likeness (QED) is 0.301. The second-order valence-corrected chi connectivity index (χ2v) is 13.3. The average Bonchev–Trinajstić information content (AvgIpc) is 3.05. The molecule has 0 radical (unpaired) electrons. The van der Waals surface area contributed by atoms with E-state index in [4.69, 9.17) is 10.5 Å². The number of nitrogens with two attached hydrogens (primary N) is 1. The van der Waals surface area contributed by atoms with Crippen molar-refractivity contribution in [3.63, 3.8) is 0 Å². The molecule has 3 aliphatic carbocycles.